The van der Waals surface area contributed by atoms with E-state index in [4.69, 9.17) is 9.47 Å². The van der Waals surface area contributed by atoms with Crippen LogP contribution in [-0.4, -0.2) is 28.9 Å². The normalized spacial score (nSPS) is 12.0. The van der Waals surface area contributed by atoms with Crippen LogP contribution < -0.4 is 25.7 Å². The Kier molecular flexibility index (Phi) is 4.64. The average molecular weight is 330 g/mol. The number of amides is 2. The largest absolute Gasteiger partial charge is 0.454 e. The van der Waals surface area contributed by atoms with Gasteiger partial charge in [0.25, 0.3) is 5.56 Å². The number of aromatic nitrogens is 2. The molecule has 0 saturated heterocycles. The number of carbonyl (C=O) groups is 1. The molecule has 24 heavy (non-hydrogen) atoms. The van der Waals surface area contributed by atoms with E-state index in [-0.39, 0.29) is 18.4 Å². The van der Waals surface area contributed by atoms with Gasteiger partial charge in [-0.25, -0.2) is 9.78 Å². The first-order valence-electron chi connectivity index (χ1n) is 7.65. The second-order valence-corrected chi connectivity index (χ2v) is 5.21. The van der Waals surface area contributed by atoms with E-state index < -0.39 is 0 Å². The minimum atomic E-state index is -0.361. The third kappa shape index (κ3) is 3.65. The molecule has 1 aliphatic heterocycles. The molecule has 0 unspecified atom stereocenters. The Labute approximate surface area is 138 Å². The maximum atomic E-state index is 11.9. The second-order valence-electron chi connectivity index (χ2n) is 5.21. The fraction of sp³-hybridized carbons (Fsp3) is 0.312. The molecule has 0 saturated carbocycles. The van der Waals surface area contributed by atoms with Gasteiger partial charge in [-0.3, -0.25) is 9.36 Å². The third-order valence-corrected chi connectivity index (χ3v) is 3.57. The minimum absolute atomic E-state index is 0.125. The molecule has 126 valence electrons. The summed E-state index contributed by atoms with van der Waals surface area (Å²) < 4.78 is 11.9. The zero-order valence-corrected chi connectivity index (χ0v) is 13.2. The molecule has 2 heterocycles. The molecule has 0 bridgehead atoms. The van der Waals surface area contributed by atoms with Crippen LogP contribution in [0.3, 0.4) is 0 Å². The SMILES string of the molecule is CCc1cc(=O)n(CCNC(=O)Nc2ccc3c(c2)OCO3)cn1. The van der Waals surface area contributed by atoms with E-state index in [0.29, 0.717) is 36.7 Å². The third-order valence-electron chi connectivity index (χ3n) is 3.57. The first-order valence-corrected chi connectivity index (χ1v) is 7.65. The molecule has 8 heteroatoms. The number of carbonyl (C=O) groups excluding carboxylic acids is 1. The van der Waals surface area contributed by atoms with Crippen LogP contribution in [0, 0.1) is 0 Å². The van der Waals surface area contributed by atoms with E-state index in [2.05, 4.69) is 15.6 Å². The van der Waals surface area contributed by atoms with Crippen molar-refractivity contribution in [1.29, 1.82) is 0 Å². The summed E-state index contributed by atoms with van der Waals surface area (Å²) in [5.41, 5.74) is 1.23. The Morgan fingerprint density at radius 3 is 2.92 bits per heavy atom. The number of fused-ring (bicyclic) bond motifs is 1. The van der Waals surface area contributed by atoms with E-state index >= 15 is 0 Å². The summed E-state index contributed by atoms with van der Waals surface area (Å²) >= 11 is 0. The summed E-state index contributed by atoms with van der Waals surface area (Å²) in [6, 6.07) is 6.30. The van der Waals surface area contributed by atoms with Crippen LogP contribution in [0.25, 0.3) is 0 Å². The van der Waals surface area contributed by atoms with Gasteiger partial charge < -0.3 is 20.1 Å². The van der Waals surface area contributed by atoms with E-state index in [1.165, 1.54) is 17.0 Å². The van der Waals surface area contributed by atoms with E-state index in [0.717, 1.165) is 5.69 Å². The second kappa shape index (κ2) is 7.03. The summed E-state index contributed by atoms with van der Waals surface area (Å²) in [5, 5.41) is 5.40. The fourth-order valence-corrected chi connectivity index (χ4v) is 2.26. The Morgan fingerprint density at radius 2 is 2.12 bits per heavy atom. The molecule has 1 aromatic heterocycles. The number of anilines is 1. The topological polar surface area (TPSA) is 94.5 Å². The summed E-state index contributed by atoms with van der Waals surface area (Å²) in [5.74, 6) is 1.25. The number of nitrogens with one attached hydrogen (secondary N) is 2. The van der Waals surface area contributed by atoms with Crippen LogP contribution in [-0.2, 0) is 13.0 Å². The lowest BCUT2D eigenvalue weighted by atomic mass is 10.3. The van der Waals surface area contributed by atoms with Gasteiger partial charge in [-0.1, -0.05) is 6.92 Å². The summed E-state index contributed by atoms with van der Waals surface area (Å²) in [7, 11) is 0. The molecule has 0 spiro atoms. The van der Waals surface area contributed by atoms with Crippen LogP contribution >= 0.6 is 0 Å². The molecule has 2 amide bonds. The molecular formula is C16H18N4O4. The smallest absolute Gasteiger partial charge is 0.319 e. The first-order chi connectivity index (χ1) is 11.7. The van der Waals surface area contributed by atoms with Crippen molar-refractivity contribution in [3.05, 3.63) is 46.6 Å². The lowest BCUT2D eigenvalue weighted by molar-refractivity contribution is 0.174. The standard InChI is InChI=1S/C16H18N4O4/c1-2-11-8-15(21)20(9-18-11)6-5-17-16(22)19-12-3-4-13-14(7-12)24-10-23-13/h3-4,7-9H,2,5-6,10H2,1H3,(H2,17,19,22). The molecule has 0 atom stereocenters. The Morgan fingerprint density at radius 1 is 1.29 bits per heavy atom. The summed E-state index contributed by atoms with van der Waals surface area (Å²) in [6.45, 7) is 2.78. The van der Waals surface area contributed by atoms with Gasteiger partial charge in [-0.15, -0.1) is 0 Å². The van der Waals surface area contributed by atoms with Gasteiger partial charge in [0.2, 0.25) is 6.79 Å². The minimum Gasteiger partial charge on any atom is -0.454 e. The number of aryl methyl sites for hydroxylation is 1. The quantitative estimate of drug-likeness (QED) is 0.863. The zero-order chi connectivity index (χ0) is 16.9. The van der Waals surface area contributed by atoms with Crippen molar-refractivity contribution < 1.29 is 14.3 Å². The van der Waals surface area contributed by atoms with Crippen LogP contribution in [0.2, 0.25) is 0 Å². The number of hydrogen-bond acceptors (Lipinski definition) is 5. The lowest BCUT2D eigenvalue weighted by Gasteiger charge is -2.09. The van der Waals surface area contributed by atoms with E-state index in [1.807, 2.05) is 6.92 Å². The maximum Gasteiger partial charge on any atom is 0.319 e. The highest BCUT2D eigenvalue weighted by atomic mass is 16.7. The number of hydrogen-bond donors (Lipinski definition) is 2. The predicted octanol–water partition coefficient (Wildman–Crippen LogP) is 1.36. The van der Waals surface area contributed by atoms with Gasteiger partial charge >= 0.3 is 6.03 Å². The lowest BCUT2D eigenvalue weighted by Crippen LogP contribution is -2.33. The van der Waals surface area contributed by atoms with Crippen molar-refractivity contribution in [1.82, 2.24) is 14.9 Å². The molecule has 3 rings (SSSR count). The van der Waals surface area contributed by atoms with Crippen LogP contribution in [0.15, 0.2) is 35.4 Å². The summed E-state index contributed by atoms with van der Waals surface area (Å²) in [6.07, 6.45) is 2.21. The van der Waals surface area contributed by atoms with E-state index in [1.54, 1.807) is 18.2 Å². The average Bonchev–Trinajstić information content (AvgIpc) is 3.04. The molecule has 1 aromatic carbocycles. The number of rotatable bonds is 5. The molecule has 8 nitrogen and oxygen atoms in total. The Bertz CT molecular complexity index is 803. The van der Waals surface area contributed by atoms with Crippen LogP contribution in [0.4, 0.5) is 10.5 Å². The van der Waals surface area contributed by atoms with Crippen molar-refractivity contribution in [2.24, 2.45) is 0 Å². The fourth-order valence-electron chi connectivity index (χ4n) is 2.26. The number of ether oxygens (including phenoxy) is 2. The van der Waals surface area contributed by atoms with Crippen LogP contribution in [0.5, 0.6) is 11.5 Å². The maximum absolute atomic E-state index is 11.9. The highest BCUT2D eigenvalue weighted by Gasteiger charge is 2.13. The number of urea groups is 1. The van der Waals surface area contributed by atoms with E-state index in [9.17, 15) is 9.59 Å². The monoisotopic (exact) mass is 330 g/mol. The molecule has 2 N–H and O–H groups in total. The van der Waals surface area contributed by atoms with Gasteiger partial charge in [0.15, 0.2) is 11.5 Å². The van der Waals surface area contributed by atoms with Crippen molar-refractivity contribution >= 4 is 11.7 Å². The van der Waals surface area contributed by atoms with Crippen molar-refractivity contribution in [3.63, 3.8) is 0 Å². The number of benzene rings is 1. The molecule has 1 aliphatic rings. The molecule has 2 aromatic rings. The predicted molar refractivity (Wildman–Crippen MR) is 87.5 cm³/mol. The zero-order valence-electron chi connectivity index (χ0n) is 13.2. The van der Waals surface area contributed by atoms with Crippen molar-refractivity contribution in [3.8, 4) is 11.5 Å². The molecular weight excluding hydrogens is 312 g/mol. The Hall–Kier alpha value is -3.03. The highest BCUT2D eigenvalue weighted by molar-refractivity contribution is 5.89. The van der Waals surface area contributed by atoms with Gasteiger partial charge in [-0.05, 0) is 18.6 Å². The van der Waals surface area contributed by atoms with Gasteiger partial charge in [-0.2, -0.15) is 0 Å². The van der Waals surface area contributed by atoms with Gasteiger partial charge in [0.05, 0.1) is 6.33 Å². The summed E-state index contributed by atoms with van der Waals surface area (Å²) in [4.78, 5) is 27.9. The number of nitrogens with zero attached hydrogens (tertiary/aromatic N) is 2. The molecule has 0 fully saturated rings. The van der Waals surface area contributed by atoms with Crippen molar-refractivity contribution in [2.45, 2.75) is 19.9 Å². The van der Waals surface area contributed by atoms with Crippen molar-refractivity contribution in [2.75, 3.05) is 18.7 Å². The highest BCUT2D eigenvalue weighted by Crippen LogP contribution is 2.34. The van der Waals surface area contributed by atoms with Gasteiger partial charge in [0, 0.05) is 36.6 Å². The Balaban J connectivity index is 1.50. The molecule has 0 aliphatic carbocycles. The van der Waals surface area contributed by atoms with Gasteiger partial charge in [0.1, 0.15) is 0 Å². The molecule has 0 radical (unpaired) electrons. The first kappa shape index (κ1) is 15.9. The van der Waals surface area contributed by atoms with Crippen LogP contribution in [0.1, 0.15) is 12.6 Å².